The van der Waals surface area contributed by atoms with Crippen LogP contribution in [0.3, 0.4) is 0 Å². The van der Waals surface area contributed by atoms with E-state index in [1.807, 2.05) is 13.8 Å². The highest BCUT2D eigenvalue weighted by Gasteiger charge is 2.29. The fourth-order valence-corrected chi connectivity index (χ4v) is 2.89. The summed E-state index contributed by atoms with van der Waals surface area (Å²) in [5.74, 6) is 1.40. The molecule has 8 nitrogen and oxygen atoms in total. The van der Waals surface area contributed by atoms with Crippen LogP contribution < -0.4 is 5.32 Å². The number of carbonyl (C=O) groups is 1. The van der Waals surface area contributed by atoms with Crippen molar-refractivity contribution < 1.29 is 14.1 Å². The number of nitrogens with one attached hydrogen (secondary N) is 1. The first-order valence-corrected chi connectivity index (χ1v) is 8.58. The molecule has 8 heteroatoms. The first-order chi connectivity index (χ1) is 11.5. The summed E-state index contributed by atoms with van der Waals surface area (Å²) in [6.45, 7) is 10.7. The zero-order valence-electron chi connectivity index (χ0n) is 15.1. The Hall–Kier alpha value is -1.51. The monoisotopic (exact) mass is 339 g/mol. The highest BCUT2D eigenvalue weighted by atomic mass is 16.5. The summed E-state index contributed by atoms with van der Waals surface area (Å²) in [6, 6.07) is -0.0119. The second-order valence-corrected chi connectivity index (χ2v) is 6.24. The van der Waals surface area contributed by atoms with E-state index in [0.29, 0.717) is 24.9 Å². The van der Waals surface area contributed by atoms with Crippen LogP contribution in [-0.4, -0.2) is 78.3 Å². The molecular formula is C16H29N5O3. The third-order valence-corrected chi connectivity index (χ3v) is 4.55. The van der Waals surface area contributed by atoms with E-state index < -0.39 is 0 Å². The Morgan fingerprint density at radius 1 is 1.29 bits per heavy atom. The number of ether oxygens (including phenoxy) is 1. The molecule has 2 heterocycles. The van der Waals surface area contributed by atoms with Crippen LogP contribution in [0.15, 0.2) is 4.52 Å². The van der Waals surface area contributed by atoms with Gasteiger partial charge in [0.05, 0.1) is 12.1 Å². The van der Waals surface area contributed by atoms with Crippen molar-refractivity contribution in [2.45, 2.75) is 39.3 Å². The van der Waals surface area contributed by atoms with Gasteiger partial charge in [-0.05, 0) is 27.2 Å². The number of hydrogen-bond acceptors (Lipinski definition) is 7. The van der Waals surface area contributed by atoms with Gasteiger partial charge in [-0.15, -0.1) is 0 Å². The second-order valence-electron chi connectivity index (χ2n) is 6.24. The van der Waals surface area contributed by atoms with Crippen LogP contribution in [-0.2, 0) is 9.53 Å². The Morgan fingerprint density at radius 3 is 2.54 bits per heavy atom. The Kier molecular flexibility index (Phi) is 7.14. The van der Waals surface area contributed by atoms with Crippen molar-refractivity contribution in [2.75, 3.05) is 46.4 Å². The highest BCUT2D eigenvalue weighted by Crippen LogP contribution is 2.20. The third kappa shape index (κ3) is 4.99. The van der Waals surface area contributed by atoms with Gasteiger partial charge in [0.25, 0.3) is 0 Å². The van der Waals surface area contributed by atoms with Crippen LogP contribution >= 0.6 is 0 Å². The third-order valence-electron chi connectivity index (χ3n) is 4.55. The predicted octanol–water partition coefficient (Wildman–Crippen LogP) is 0.598. The summed E-state index contributed by atoms with van der Waals surface area (Å²) in [5, 5.41) is 6.83. The lowest BCUT2D eigenvalue weighted by Crippen LogP contribution is -2.54. The van der Waals surface area contributed by atoms with Crippen LogP contribution in [0.2, 0.25) is 0 Å². The van der Waals surface area contributed by atoms with Crippen LogP contribution in [0.1, 0.15) is 38.0 Å². The minimum Gasteiger partial charge on any atom is -0.385 e. The lowest BCUT2D eigenvalue weighted by atomic mass is 10.2. The molecule has 2 rings (SSSR count). The van der Waals surface area contributed by atoms with E-state index in [0.717, 1.165) is 32.6 Å². The van der Waals surface area contributed by atoms with E-state index in [1.54, 1.807) is 7.11 Å². The first-order valence-electron chi connectivity index (χ1n) is 8.58. The van der Waals surface area contributed by atoms with Gasteiger partial charge in [0.1, 0.15) is 0 Å². The highest BCUT2D eigenvalue weighted by molar-refractivity contribution is 5.81. The van der Waals surface area contributed by atoms with Gasteiger partial charge in [-0.1, -0.05) is 5.16 Å². The molecule has 1 aromatic rings. The maximum Gasteiger partial charge on any atom is 0.243 e. The number of aromatic nitrogens is 2. The van der Waals surface area contributed by atoms with Crippen LogP contribution in [0.5, 0.6) is 0 Å². The van der Waals surface area contributed by atoms with Crippen molar-refractivity contribution in [2.24, 2.45) is 0 Å². The maximum absolute atomic E-state index is 12.2. The molecule has 0 unspecified atom stereocenters. The van der Waals surface area contributed by atoms with E-state index in [-0.39, 0.29) is 18.0 Å². The maximum atomic E-state index is 12.2. The van der Waals surface area contributed by atoms with E-state index >= 15 is 0 Å². The lowest BCUT2D eigenvalue weighted by Gasteiger charge is -2.39. The fraction of sp³-hybridized carbons (Fsp3) is 0.812. The first kappa shape index (κ1) is 18.8. The molecule has 0 saturated carbocycles. The molecule has 1 aliphatic rings. The topological polar surface area (TPSA) is 83.7 Å². The zero-order valence-corrected chi connectivity index (χ0v) is 15.1. The summed E-state index contributed by atoms with van der Waals surface area (Å²) in [7, 11) is 1.67. The van der Waals surface area contributed by atoms with Gasteiger partial charge in [0.2, 0.25) is 11.8 Å². The fourth-order valence-electron chi connectivity index (χ4n) is 2.89. The van der Waals surface area contributed by atoms with Crippen molar-refractivity contribution >= 4 is 5.91 Å². The summed E-state index contributed by atoms with van der Waals surface area (Å²) >= 11 is 0. The molecule has 0 bridgehead atoms. The van der Waals surface area contributed by atoms with Gasteiger partial charge in [-0.25, -0.2) is 0 Å². The number of hydrogen-bond donors (Lipinski definition) is 1. The number of carbonyl (C=O) groups excluding carboxylic acids is 1. The molecule has 1 saturated heterocycles. The van der Waals surface area contributed by atoms with Crippen LogP contribution in [0.4, 0.5) is 0 Å². The van der Waals surface area contributed by atoms with Crippen molar-refractivity contribution in [1.29, 1.82) is 0 Å². The molecular weight excluding hydrogens is 310 g/mol. The van der Waals surface area contributed by atoms with E-state index in [2.05, 4.69) is 32.2 Å². The van der Waals surface area contributed by atoms with Crippen LogP contribution in [0.25, 0.3) is 0 Å². The average Bonchev–Trinajstić information content (AvgIpc) is 3.04. The molecule has 0 aliphatic carbocycles. The number of piperazine rings is 1. The number of methoxy groups -OCH3 is 1. The normalized spacial score (nSPS) is 19.2. The zero-order chi connectivity index (χ0) is 17.5. The van der Waals surface area contributed by atoms with Gasteiger partial charge in [-0.2, -0.15) is 4.98 Å². The minimum atomic E-state index is -0.115. The van der Waals surface area contributed by atoms with E-state index in [9.17, 15) is 4.79 Å². The molecule has 1 N–H and O–H groups in total. The Morgan fingerprint density at radius 2 is 1.96 bits per heavy atom. The van der Waals surface area contributed by atoms with Gasteiger partial charge in [-0.3, -0.25) is 14.6 Å². The SMILES string of the molecule is COCCCNC(=O)[C@@H](C)N1CCN([C@H](C)c2nc(C)no2)CC1. The summed E-state index contributed by atoms with van der Waals surface area (Å²) in [6.07, 6.45) is 0.837. The van der Waals surface area contributed by atoms with Crippen molar-refractivity contribution in [1.82, 2.24) is 25.3 Å². The molecule has 136 valence electrons. The van der Waals surface area contributed by atoms with Gasteiger partial charge in [0.15, 0.2) is 5.82 Å². The minimum absolute atomic E-state index is 0.0835. The standard InChI is InChI=1S/C16H29N5O3/c1-12(15(22)17-6-5-11-23-4)20-7-9-21(10-8-20)13(2)16-18-14(3)19-24-16/h12-13H,5-11H2,1-4H3,(H,17,22)/t12-,13-/m1/s1. The van der Waals surface area contributed by atoms with Crippen molar-refractivity contribution in [3.05, 3.63) is 11.7 Å². The lowest BCUT2D eigenvalue weighted by molar-refractivity contribution is -0.126. The van der Waals surface area contributed by atoms with E-state index in [4.69, 9.17) is 9.26 Å². The molecule has 1 amide bonds. The van der Waals surface area contributed by atoms with Crippen molar-refractivity contribution in [3.8, 4) is 0 Å². The summed E-state index contributed by atoms with van der Waals surface area (Å²) in [4.78, 5) is 21.0. The molecule has 0 spiro atoms. The molecule has 1 aromatic heterocycles. The Balaban J connectivity index is 1.76. The van der Waals surface area contributed by atoms with Crippen LogP contribution in [0, 0.1) is 6.92 Å². The smallest absolute Gasteiger partial charge is 0.243 e. The van der Waals surface area contributed by atoms with Gasteiger partial charge < -0.3 is 14.6 Å². The average molecular weight is 339 g/mol. The Labute approximate surface area is 143 Å². The molecule has 24 heavy (non-hydrogen) atoms. The quantitative estimate of drug-likeness (QED) is 0.694. The number of aryl methyl sites for hydroxylation is 1. The molecule has 0 aromatic carbocycles. The largest absolute Gasteiger partial charge is 0.385 e. The second kappa shape index (κ2) is 9.10. The number of rotatable bonds is 8. The number of amides is 1. The van der Waals surface area contributed by atoms with E-state index in [1.165, 1.54) is 0 Å². The molecule has 1 fully saturated rings. The number of nitrogens with zero attached hydrogens (tertiary/aromatic N) is 4. The molecule has 0 radical (unpaired) electrons. The van der Waals surface area contributed by atoms with Gasteiger partial charge in [0, 0.05) is 46.4 Å². The Bertz CT molecular complexity index is 514. The van der Waals surface area contributed by atoms with Crippen molar-refractivity contribution in [3.63, 3.8) is 0 Å². The summed E-state index contributed by atoms with van der Waals surface area (Å²) < 4.78 is 10.3. The molecule has 2 atom stereocenters. The summed E-state index contributed by atoms with van der Waals surface area (Å²) in [5.41, 5.74) is 0. The predicted molar refractivity (Wildman–Crippen MR) is 89.6 cm³/mol. The molecule has 1 aliphatic heterocycles. The van der Waals surface area contributed by atoms with Gasteiger partial charge >= 0.3 is 0 Å².